The lowest BCUT2D eigenvalue weighted by Gasteiger charge is -2.28. The first-order valence-corrected chi connectivity index (χ1v) is 17.6. The Morgan fingerprint density at radius 1 is 0.420 bits per heavy atom. The van der Waals surface area contributed by atoms with Gasteiger partial charge in [-0.25, -0.2) is 0 Å². The van der Waals surface area contributed by atoms with Crippen molar-refractivity contribution in [3.05, 3.63) is 132 Å². The second kappa shape index (κ2) is 21.7. The van der Waals surface area contributed by atoms with Crippen LogP contribution in [0.5, 0.6) is 0 Å². The lowest BCUT2D eigenvalue weighted by Crippen LogP contribution is -2.41. The van der Waals surface area contributed by atoms with Crippen LogP contribution in [0.2, 0.25) is 0 Å². The van der Waals surface area contributed by atoms with Crippen molar-refractivity contribution in [3.63, 3.8) is 0 Å². The van der Waals surface area contributed by atoms with Crippen LogP contribution in [0.15, 0.2) is 121 Å². The second-order valence-electron chi connectivity index (χ2n) is 12.1. The fourth-order valence-corrected chi connectivity index (χ4v) is 5.61. The zero-order valence-corrected chi connectivity index (χ0v) is 28.8. The molecule has 0 aliphatic heterocycles. The summed E-state index contributed by atoms with van der Waals surface area (Å²) in [5.41, 5.74) is 3.84. The number of para-hydroxylation sites is 2. The molecule has 0 spiro atoms. The summed E-state index contributed by atoms with van der Waals surface area (Å²) >= 11 is 0. The molecule has 4 aromatic carbocycles. The summed E-state index contributed by atoms with van der Waals surface area (Å²) in [6.07, 6.45) is 4.53. The highest BCUT2D eigenvalue weighted by Gasteiger charge is 2.21. The lowest BCUT2D eigenvalue weighted by atomic mass is 10.1. The zero-order valence-electron chi connectivity index (χ0n) is 28.8. The number of carbonyl (C=O) groups is 4. The van der Waals surface area contributed by atoms with Gasteiger partial charge >= 0.3 is 11.9 Å². The van der Waals surface area contributed by atoms with E-state index < -0.39 is 0 Å². The van der Waals surface area contributed by atoms with Crippen LogP contribution < -0.4 is 9.80 Å². The van der Waals surface area contributed by atoms with Gasteiger partial charge in [-0.05, 0) is 73.9 Å². The fourth-order valence-electron chi connectivity index (χ4n) is 5.61. The predicted octanol–water partition coefficient (Wildman–Crippen LogP) is 7.75. The van der Waals surface area contributed by atoms with Crippen molar-refractivity contribution < 1.29 is 28.7 Å². The van der Waals surface area contributed by atoms with Crippen molar-refractivity contribution >= 4 is 35.1 Å². The smallest absolute Gasteiger partial charge is 0.305 e. The molecule has 50 heavy (non-hydrogen) atoms. The van der Waals surface area contributed by atoms with Crippen molar-refractivity contribution in [3.8, 4) is 0 Å². The molecule has 0 aliphatic carbocycles. The highest BCUT2D eigenvalue weighted by atomic mass is 16.5. The minimum atomic E-state index is -0.311. The van der Waals surface area contributed by atoms with Crippen molar-refractivity contribution in [2.24, 2.45) is 0 Å². The highest BCUT2D eigenvalue weighted by molar-refractivity contribution is 5.95. The number of amides is 2. The number of ether oxygens (including phenoxy) is 2. The van der Waals surface area contributed by atoms with Gasteiger partial charge in [0.1, 0.15) is 0 Å². The summed E-state index contributed by atoms with van der Waals surface area (Å²) in [7, 11) is 0. The Hall–Kier alpha value is -5.24. The van der Waals surface area contributed by atoms with E-state index in [2.05, 4.69) is 24.3 Å². The van der Waals surface area contributed by atoms with Crippen LogP contribution in [0.25, 0.3) is 0 Å². The molecular weight excluding hydrogens is 628 g/mol. The van der Waals surface area contributed by atoms with Gasteiger partial charge in [-0.15, -0.1) is 0 Å². The van der Waals surface area contributed by atoms with Gasteiger partial charge in [0.25, 0.3) is 0 Å². The third-order valence-electron chi connectivity index (χ3n) is 8.26. The lowest BCUT2D eigenvalue weighted by molar-refractivity contribution is -0.144. The van der Waals surface area contributed by atoms with Crippen molar-refractivity contribution in [2.75, 3.05) is 36.1 Å². The van der Waals surface area contributed by atoms with E-state index in [0.717, 1.165) is 37.1 Å². The Bertz CT molecular complexity index is 1460. The van der Waals surface area contributed by atoms with Gasteiger partial charge in [0, 0.05) is 50.1 Å². The summed E-state index contributed by atoms with van der Waals surface area (Å²) in [6.45, 7) is 1.21. The quantitative estimate of drug-likeness (QED) is 0.0662. The van der Waals surface area contributed by atoms with E-state index in [4.69, 9.17) is 9.47 Å². The number of nitrogens with zero attached hydrogens (tertiary/aromatic N) is 2. The number of esters is 2. The Morgan fingerprint density at radius 2 is 0.760 bits per heavy atom. The van der Waals surface area contributed by atoms with Crippen LogP contribution in [0, 0.1) is 0 Å². The van der Waals surface area contributed by atoms with Crippen LogP contribution in [0.1, 0.15) is 62.5 Å². The highest BCUT2D eigenvalue weighted by Crippen LogP contribution is 2.20. The summed E-state index contributed by atoms with van der Waals surface area (Å²) < 4.78 is 10.8. The van der Waals surface area contributed by atoms with Gasteiger partial charge < -0.3 is 19.3 Å². The standard InChI is InChI=1S/C42H48N2O6/c45-39(27-13-29-41(47)49-33-15-21-35-17-5-1-6-18-35)43(37-23-9-3-10-24-37)31-32-44(38-25-11-4-12-26-38)40(46)28-14-30-42(48)50-34-16-22-36-19-7-2-8-20-36/h1-12,17-20,23-26H,13-16,21-22,27-34H2. The van der Waals surface area contributed by atoms with Crippen LogP contribution in [-0.2, 0) is 41.5 Å². The third-order valence-corrected chi connectivity index (χ3v) is 8.26. The molecular formula is C42H48N2O6. The molecule has 0 bridgehead atoms. The topological polar surface area (TPSA) is 93.2 Å². The summed E-state index contributed by atoms with van der Waals surface area (Å²) in [4.78, 5) is 55.1. The van der Waals surface area contributed by atoms with Crippen molar-refractivity contribution in [1.29, 1.82) is 0 Å². The molecule has 0 aromatic heterocycles. The normalized spacial score (nSPS) is 10.6. The molecule has 262 valence electrons. The predicted molar refractivity (Wildman–Crippen MR) is 197 cm³/mol. The average molecular weight is 677 g/mol. The number of benzene rings is 4. The van der Waals surface area contributed by atoms with Gasteiger partial charge in [-0.1, -0.05) is 97.1 Å². The molecule has 0 fully saturated rings. The molecule has 8 nitrogen and oxygen atoms in total. The van der Waals surface area contributed by atoms with E-state index in [0.29, 0.717) is 26.1 Å². The van der Waals surface area contributed by atoms with Gasteiger partial charge in [0.15, 0.2) is 0 Å². The van der Waals surface area contributed by atoms with Gasteiger partial charge in [-0.3, -0.25) is 19.2 Å². The number of hydrogen-bond donors (Lipinski definition) is 0. The Labute approximate surface area is 296 Å². The second-order valence-corrected chi connectivity index (χ2v) is 12.1. The van der Waals surface area contributed by atoms with E-state index in [1.165, 1.54) is 11.1 Å². The molecule has 0 unspecified atom stereocenters. The first kappa shape index (κ1) is 37.6. The van der Waals surface area contributed by atoms with Crippen LogP contribution in [0.4, 0.5) is 11.4 Å². The molecule has 0 saturated carbocycles. The maximum atomic E-state index is 13.5. The number of anilines is 2. The van der Waals surface area contributed by atoms with E-state index >= 15 is 0 Å². The molecule has 0 aliphatic rings. The van der Waals surface area contributed by atoms with Crippen molar-refractivity contribution in [2.45, 2.75) is 64.2 Å². The molecule has 4 aromatic rings. The van der Waals surface area contributed by atoms with E-state index in [-0.39, 0.29) is 62.5 Å². The number of aryl methyl sites for hydroxylation is 2. The molecule has 4 rings (SSSR count). The van der Waals surface area contributed by atoms with Gasteiger partial charge in [-0.2, -0.15) is 0 Å². The Kier molecular flexibility index (Phi) is 16.3. The minimum absolute atomic E-state index is 0.136. The SMILES string of the molecule is O=C(CCCC(=O)N(CCN(C(=O)CCCC(=O)OCCCc1ccccc1)c1ccccc1)c1ccccc1)OCCCc1ccccc1. The molecule has 0 radical (unpaired) electrons. The van der Waals surface area contributed by atoms with E-state index in [1.807, 2.05) is 97.1 Å². The maximum Gasteiger partial charge on any atom is 0.305 e. The molecule has 0 N–H and O–H groups in total. The first-order valence-electron chi connectivity index (χ1n) is 17.6. The van der Waals surface area contributed by atoms with E-state index in [9.17, 15) is 19.2 Å². The van der Waals surface area contributed by atoms with Gasteiger partial charge in [0.05, 0.1) is 13.2 Å². The number of carbonyl (C=O) groups excluding carboxylic acids is 4. The Morgan fingerprint density at radius 3 is 1.12 bits per heavy atom. The van der Waals surface area contributed by atoms with Crippen molar-refractivity contribution in [1.82, 2.24) is 0 Å². The maximum absolute atomic E-state index is 13.5. The molecule has 2 amide bonds. The first-order chi connectivity index (χ1) is 24.5. The van der Waals surface area contributed by atoms with Gasteiger partial charge in [0.2, 0.25) is 11.8 Å². The summed E-state index contributed by atoms with van der Waals surface area (Å²) in [5.74, 6) is -0.893. The summed E-state index contributed by atoms with van der Waals surface area (Å²) in [6, 6.07) is 38.8. The van der Waals surface area contributed by atoms with Crippen LogP contribution in [0.3, 0.4) is 0 Å². The number of hydrogen-bond acceptors (Lipinski definition) is 6. The fraction of sp³-hybridized carbons (Fsp3) is 0.333. The molecule has 8 heteroatoms. The zero-order chi connectivity index (χ0) is 35.2. The molecule has 0 atom stereocenters. The summed E-state index contributed by atoms with van der Waals surface area (Å²) in [5, 5.41) is 0. The van der Waals surface area contributed by atoms with Crippen LogP contribution >= 0.6 is 0 Å². The largest absolute Gasteiger partial charge is 0.466 e. The van der Waals surface area contributed by atoms with Crippen LogP contribution in [-0.4, -0.2) is 50.1 Å². The minimum Gasteiger partial charge on any atom is -0.466 e. The Balaban J connectivity index is 1.24. The average Bonchev–Trinajstić information content (AvgIpc) is 3.15. The third kappa shape index (κ3) is 13.7. The van der Waals surface area contributed by atoms with E-state index in [1.54, 1.807) is 9.80 Å². The molecule has 0 saturated heterocycles. The molecule has 0 heterocycles. The number of rotatable bonds is 21. The monoisotopic (exact) mass is 676 g/mol.